The van der Waals surface area contributed by atoms with Crippen LogP contribution in [0.5, 0.6) is 11.5 Å². The summed E-state index contributed by atoms with van der Waals surface area (Å²) in [5, 5.41) is 8.70. The Morgan fingerprint density at radius 1 is 1.00 bits per heavy atom. The molecule has 0 saturated heterocycles. The molecule has 3 rings (SSSR count). The largest absolute Gasteiger partial charge is 0.493 e. The van der Waals surface area contributed by atoms with Crippen LogP contribution >= 0.6 is 0 Å². The minimum atomic E-state index is -0.223. The van der Waals surface area contributed by atoms with Crippen LogP contribution in [0.2, 0.25) is 0 Å². The van der Waals surface area contributed by atoms with Crippen LogP contribution in [0.1, 0.15) is 44.9 Å². The van der Waals surface area contributed by atoms with Gasteiger partial charge in [0, 0.05) is 23.8 Å². The molecule has 142 valence electrons. The smallest absolute Gasteiger partial charge is 0.319 e. The van der Waals surface area contributed by atoms with Crippen LogP contribution in [0.25, 0.3) is 0 Å². The number of hydrogen-bond donors (Lipinski definition) is 3. The van der Waals surface area contributed by atoms with E-state index in [2.05, 4.69) is 16.0 Å². The van der Waals surface area contributed by atoms with Crippen LogP contribution in [-0.2, 0) is 4.79 Å². The standard InChI is InChI=1S/C19H27N3O4/c1-25-16-10-9-15(22-19(24)21-13-5-3-2-4-6-13)11-17(16)26-12-18(23)20-14-7-8-14/h9-11,13-14H,2-8,12H2,1H3,(H,20,23)(H2,21,22,24). The van der Waals surface area contributed by atoms with Gasteiger partial charge in [-0.2, -0.15) is 0 Å². The summed E-state index contributed by atoms with van der Waals surface area (Å²) < 4.78 is 10.8. The zero-order valence-electron chi connectivity index (χ0n) is 15.2. The van der Waals surface area contributed by atoms with Gasteiger partial charge in [-0.3, -0.25) is 4.79 Å². The highest BCUT2D eigenvalue weighted by atomic mass is 16.5. The number of methoxy groups -OCH3 is 1. The number of amides is 3. The molecule has 1 aromatic rings. The van der Waals surface area contributed by atoms with Crippen molar-refractivity contribution in [2.24, 2.45) is 0 Å². The lowest BCUT2D eigenvalue weighted by atomic mass is 9.96. The molecule has 0 spiro atoms. The van der Waals surface area contributed by atoms with Crippen LogP contribution in [0.4, 0.5) is 10.5 Å². The number of anilines is 1. The zero-order chi connectivity index (χ0) is 18.4. The van der Waals surface area contributed by atoms with Crippen molar-refractivity contribution in [2.75, 3.05) is 19.0 Å². The van der Waals surface area contributed by atoms with Gasteiger partial charge < -0.3 is 25.4 Å². The molecule has 2 saturated carbocycles. The Kier molecular flexibility index (Phi) is 6.20. The second-order valence-electron chi connectivity index (χ2n) is 6.93. The van der Waals surface area contributed by atoms with E-state index < -0.39 is 0 Å². The Morgan fingerprint density at radius 3 is 2.42 bits per heavy atom. The topological polar surface area (TPSA) is 88.7 Å². The average molecular weight is 361 g/mol. The lowest BCUT2D eigenvalue weighted by Crippen LogP contribution is -2.39. The van der Waals surface area contributed by atoms with Crippen LogP contribution in [0.3, 0.4) is 0 Å². The number of carbonyl (C=O) groups excluding carboxylic acids is 2. The maximum Gasteiger partial charge on any atom is 0.319 e. The molecule has 0 aromatic heterocycles. The van der Waals surface area contributed by atoms with Crippen LogP contribution in [0, 0.1) is 0 Å². The monoisotopic (exact) mass is 361 g/mol. The minimum absolute atomic E-state index is 0.0788. The summed E-state index contributed by atoms with van der Waals surface area (Å²) in [6.45, 7) is -0.0788. The molecule has 7 nitrogen and oxygen atoms in total. The molecule has 0 bridgehead atoms. The number of nitrogens with one attached hydrogen (secondary N) is 3. The molecular weight excluding hydrogens is 334 g/mol. The Labute approximate surface area is 153 Å². The highest BCUT2D eigenvalue weighted by molar-refractivity contribution is 5.90. The van der Waals surface area contributed by atoms with Crippen molar-refractivity contribution in [1.29, 1.82) is 0 Å². The molecule has 0 heterocycles. The molecule has 0 radical (unpaired) electrons. The lowest BCUT2D eigenvalue weighted by Gasteiger charge is -2.23. The van der Waals surface area contributed by atoms with Gasteiger partial charge in [0.15, 0.2) is 18.1 Å². The summed E-state index contributed by atoms with van der Waals surface area (Å²) in [5.74, 6) is 0.791. The van der Waals surface area contributed by atoms with E-state index in [0.29, 0.717) is 23.2 Å². The molecule has 0 aliphatic heterocycles. The van der Waals surface area contributed by atoms with Gasteiger partial charge >= 0.3 is 6.03 Å². The highest BCUT2D eigenvalue weighted by Crippen LogP contribution is 2.30. The summed E-state index contributed by atoms with van der Waals surface area (Å²) in [7, 11) is 1.54. The maximum absolute atomic E-state index is 12.2. The van der Waals surface area contributed by atoms with E-state index >= 15 is 0 Å². The first-order chi connectivity index (χ1) is 12.6. The predicted molar refractivity (Wildman–Crippen MR) is 98.7 cm³/mol. The molecule has 1 aromatic carbocycles. The summed E-state index contributed by atoms with van der Waals surface area (Å²) in [6.07, 6.45) is 7.69. The van der Waals surface area contributed by atoms with Crippen LogP contribution in [0.15, 0.2) is 18.2 Å². The van der Waals surface area contributed by atoms with E-state index in [4.69, 9.17) is 9.47 Å². The van der Waals surface area contributed by atoms with Crippen molar-refractivity contribution in [2.45, 2.75) is 57.0 Å². The van der Waals surface area contributed by atoms with Crippen molar-refractivity contribution < 1.29 is 19.1 Å². The maximum atomic E-state index is 12.2. The first kappa shape index (κ1) is 18.4. The summed E-state index contributed by atoms with van der Waals surface area (Å²) in [5.41, 5.74) is 0.594. The van der Waals surface area contributed by atoms with Crippen LogP contribution < -0.4 is 25.4 Å². The highest BCUT2D eigenvalue weighted by Gasteiger charge is 2.23. The van der Waals surface area contributed by atoms with E-state index in [9.17, 15) is 9.59 Å². The van der Waals surface area contributed by atoms with Gasteiger partial charge in [-0.15, -0.1) is 0 Å². The number of rotatable bonds is 7. The fourth-order valence-electron chi connectivity index (χ4n) is 3.11. The second kappa shape index (κ2) is 8.78. The van der Waals surface area contributed by atoms with Crippen molar-refractivity contribution in [3.8, 4) is 11.5 Å². The molecule has 3 amide bonds. The number of benzene rings is 1. The third kappa shape index (κ3) is 5.54. The fourth-order valence-corrected chi connectivity index (χ4v) is 3.11. The van der Waals surface area contributed by atoms with Gasteiger partial charge in [-0.05, 0) is 37.8 Å². The van der Waals surface area contributed by atoms with Crippen molar-refractivity contribution in [3.05, 3.63) is 18.2 Å². The van der Waals surface area contributed by atoms with E-state index in [1.165, 1.54) is 13.5 Å². The van der Waals surface area contributed by atoms with Crippen molar-refractivity contribution in [1.82, 2.24) is 10.6 Å². The minimum Gasteiger partial charge on any atom is -0.493 e. The molecule has 2 aliphatic carbocycles. The zero-order valence-corrected chi connectivity index (χ0v) is 15.2. The number of urea groups is 1. The number of hydrogen-bond acceptors (Lipinski definition) is 4. The second-order valence-corrected chi connectivity index (χ2v) is 6.93. The van der Waals surface area contributed by atoms with E-state index in [1.54, 1.807) is 18.2 Å². The third-order valence-electron chi connectivity index (χ3n) is 4.66. The Hall–Kier alpha value is -2.44. The SMILES string of the molecule is COc1ccc(NC(=O)NC2CCCCC2)cc1OCC(=O)NC1CC1. The first-order valence-electron chi connectivity index (χ1n) is 9.32. The number of carbonyl (C=O) groups is 2. The Balaban J connectivity index is 1.54. The van der Waals surface area contributed by atoms with E-state index in [1.807, 2.05) is 0 Å². The van der Waals surface area contributed by atoms with E-state index in [0.717, 1.165) is 38.5 Å². The molecular formula is C19H27N3O4. The third-order valence-corrected chi connectivity index (χ3v) is 4.66. The normalized spacial score (nSPS) is 17.3. The molecule has 2 fully saturated rings. The van der Waals surface area contributed by atoms with Gasteiger partial charge in [-0.1, -0.05) is 19.3 Å². The van der Waals surface area contributed by atoms with Gasteiger partial charge in [0.2, 0.25) is 0 Å². The summed E-state index contributed by atoms with van der Waals surface area (Å²) in [4.78, 5) is 24.0. The van der Waals surface area contributed by atoms with Gasteiger partial charge in [0.25, 0.3) is 5.91 Å². The molecule has 26 heavy (non-hydrogen) atoms. The fraction of sp³-hybridized carbons (Fsp3) is 0.579. The molecule has 0 atom stereocenters. The Morgan fingerprint density at radius 2 is 1.73 bits per heavy atom. The van der Waals surface area contributed by atoms with Gasteiger partial charge in [0.1, 0.15) is 0 Å². The predicted octanol–water partition coefficient (Wildman–Crippen LogP) is 2.81. The average Bonchev–Trinajstić information content (AvgIpc) is 3.45. The molecule has 7 heteroatoms. The lowest BCUT2D eigenvalue weighted by molar-refractivity contribution is -0.123. The summed E-state index contributed by atoms with van der Waals surface area (Å²) >= 11 is 0. The first-order valence-corrected chi connectivity index (χ1v) is 9.32. The summed E-state index contributed by atoms with van der Waals surface area (Å²) in [6, 6.07) is 5.44. The van der Waals surface area contributed by atoms with Gasteiger partial charge in [0.05, 0.1) is 7.11 Å². The van der Waals surface area contributed by atoms with E-state index in [-0.39, 0.29) is 24.6 Å². The van der Waals surface area contributed by atoms with Crippen molar-refractivity contribution in [3.63, 3.8) is 0 Å². The molecule has 3 N–H and O–H groups in total. The van der Waals surface area contributed by atoms with Gasteiger partial charge in [-0.25, -0.2) is 4.79 Å². The Bertz CT molecular complexity index is 640. The quantitative estimate of drug-likeness (QED) is 0.697. The molecule has 2 aliphatic rings. The molecule has 0 unspecified atom stereocenters. The van der Waals surface area contributed by atoms with Crippen LogP contribution in [-0.4, -0.2) is 37.7 Å². The van der Waals surface area contributed by atoms with Crippen molar-refractivity contribution >= 4 is 17.6 Å². The number of ether oxygens (including phenoxy) is 2.